The summed E-state index contributed by atoms with van der Waals surface area (Å²) in [5.41, 5.74) is 2.39. The minimum Gasteiger partial charge on any atom is -0.326 e. The van der Waals surface area contributed by atoms with Crippen molar-refractivity contribution in [1.29, 1.82) is 0 Å². The van der Waals surface area contributed by atoms with E-state index in [9.17, 15) is 9.59 Å². The molecule has 9 heteroatoms. The van der Waals surface area contributed by atoms with Crippen LogP contribution in [0.4, 0.5) is 15.6 Å². The molecule has 162 valence electrons. The Morgan fingerprint density at radius 2 is 1.84 bits per heavy atom. The Labute approximate surface area is 190 Å². The molecule has 0 saturated heterocycles. The molecule has 0 aliphatic rings. The van der Waals surface area contributed by atoms with Crippen LogP contribution in [0.1, 0.15) is 25.8 Å². The van der Waals surface area contributed by atoms with Crippen LogP contribution in [-0.4, -0.2) is 28.2 Å². The normalized spacial score (nSPS) is 12.6. The fourth-order valence-corrected chi connectivity index (χ4v) is 3.77. The molecule has 1 aromatic heterocycles. The molecular weight excluding hydrogens is 434 g/mol. The maximum Gasteiger partial charge on any atom is 0.319 e. The van der Waals surface area contributed by atoms with Crippen molar-refractivity contribution in [2.45, 2.75) is 33.2 Å². The maximum atomic E-state index is 12.9. The second-order valence-corrected chi connectivity index (χ2v) is 8.58. The van der Waals surface area contributed by atoms with Gasteiger partial charge in [0.15, 0.2) is 0 Å². The summed E-state index contributed by atoms with van der Waals surface area (Å²) in [4.78, 5) is 25.4. The van der Waals surface area contributed by atoms with Crippen molar-refractivity contribution >= 4 is 45.7 Å². The molecule has 2 aromatic carbocycles. The van der Waals surface area contributed by atoms with Gasteiger partial charge in [0.2, 0.25) is 11.0 Å². The molecule has 0 spiro atoms. The second kappa shape index (κ2) is 10.4. The SMILES string of the molecule is CC[C@H](C)[C@@H](NC(=O)Nc1ccc(C)c(Cl)c1)C(=O)Nc1nnc(-c2ccccc2)s1. The van der Waals surface area contributed by atoms with Gasteiger partial charge >= 0.3 is 6.03 Å². The highest BCUT2D eigenvalue weighted by Crippen LogP contribution is 2.26. The average Bonchev–Trinajstić information content (AvgIpc) is 3.23. The van der Waals surface area contributed by atoms with Gasteiger partial charge in [0.25, 0.3) is 0 Å². The van der Waals surface area contributed by atoms with Gasteiger partial charge in [0.05, 0.1) is 0 Å². The third kappa shape index (κ3) is 6.02. The van der Waals surface area contributed by atoms with Crippen LogP contribution in [0.2, 0.25) is 5.02 Å². The fourth-order valence-electron chi connectivity index (χ4n) is 2.84. The lowest BCUT2D eigenvalue weighted by molar-refractivity contribution is -0.119. The van der Waals surface area contributed by atoms with Gasteiger partial charge in [-0.05, 0) is 30.5 Å². The molecule has 3 aromatic rings. The topological polar surface area (TPSA) is 96.0 Å². The van der Waals surface area contributed by atoms with Crippen molar-refractivity contribution in [2.75, 3.05) is 10.6 Å². The number of halogens is 1. The average molecular weight is 458 g/mol. The molecule has 3 rings (SSSR count). The van der Waals surface area contributed by atoms with E-state index < -0.39 is 12.1 Å². The molecule has 0 aliphatic heterocycles. The number of benzene rings is 2. The number of carbonyl (C=O) groups excluding carboxylic acids is 2. The highest BCUT2D eigenvalue weighted by Gasteiger charge is 2.27. The standard InChI is InChI=1S/C22H24ClN5O2S/c1-4-13(2)18(25-21(30)24-16-11-10-14(3)17(23)12-16)19(29)26-22-28-27-20(31-22)15-8-6-5-7-9-15/h5-13,18H,4H2,1-3H3,(H2,24,25,30)(H,26,28,29)/t13-,18+/m0/s1. The zero-order chi connectivity index (χ0) is 22.4. The van der Waals surface area contributed by atoms with Crippen LogP contribution in [0.15, 0.2) is 48.5 Å². The monoisotopic (exact) mass is 457 g/mol. The van der Waals surface area contributed by atoms with Gasteiger partial charge in [-0.15, -0.1) is 10.2 Å². The number of hydrogen-bond donors (Lipinski definition) is 3. The van der Waals surface area contributed by atoms with Gasteiger partial charge in [-0.2, -0.15) is 0 Å². The van der Waals surface area contributed by atoms with Crippen LogP contribution in [-0.2, 0) is 4.79 Å². The van der Waals surface area contributed by atoms with E-state index in [-0.39, 0.29) is 11.8 Å². The first-order valence-electron chi connectivity index (χ1n) is 9.90. The van der Waals surface area contributed by atoms with E-state index in [1.165, 1.54) is 11.3 Å². The van der Waals surface area contributed by atoms with Crippen molar-refractivity contribution in [1.82, 2.24) is 15.5 Å². The van der Waals surface area contributed by atoms with Crippen molar-refractivity contribution in [2.24, 2.45) is 5.92 Å². The van der Waals surface area contributed by atoms with Crippen LogP contribution >= 0.6 is 22.9 Å². The zero-order valence-electron chi connectivity index (χ0n) is 17.5. The van der Waals surface area contributed by atoms with Crippen LogP contribution in [0.3, 0.4) is 0 Å². The number of amides is 3. The Balaban J connectivity index is 1.67. The van der Waals surface area contributed by atoms with E-state index >= 15 is 0 Å². The smallest absolute Gasteiger partial charge is 0.319 e. The van der Waals surface area contributed by atoms with Gasteiger partial charge in [-0.25, -0.2) is 4.79 Å². The fraction of sp³-hybridized carbons (Fsp3) is 0.273. The Hall–Kier alpha value is -2.97. The van der Waals surface area contributed by atoms with E-state index in [1.807, 2.05) is 57.2 Å². The third-order valence-electron chi connectivity index (χ3n) is 4.89. The minimum atomic E-state index is -0.741. The first kappa shape index (κ1) is 22.7. The highest BCUT2D eigenvalue weighted by molar-refractivity contribution is 7.18. The summed E-state index contributed by atoms with van der Waals surface area (Å²) < 4.78 is 0. The number of carbonyl (C=O) groups is 2. The zero-order valence-corrected chi connectivity index (χ0v) is 19.1. The second-order valence-electron chi connectivity index (χ2n) is 7.19. The summed E-state index contributed by atoms with van der Waals surface area (Å²) in [6.45, 7) is 5.75. The highest BCUT2D eigenvalue weighted by atomic mass is 35.5. The molecule has 0 saturated carbocycles. The maximum absolute atomic E-state index is 12.9. The summed E-state index contributed by atoms with van der Waals surface area (Å²) in [5, 5.41) is 18.1. The Bertz CT molecular complexity index is 1060. The molecule has 1 heterocycles. The molecule has 0 fully saturated rings. The van der Waals surface area contributed by atoms with Gasteiger partial charge in [0.1, 0.15) is 11.0 Å². The molecule has 0 unspecified atom stereocenters. The molecule has 7 nitrogen and oxygen atoms in total. The van der Waals surface area contributed by atoms with Crippen molar-refractivity contribution in [3.05, 3.63) is 59.1 Å². The molecule has 3 amide bonds. The molecule has 0 radical (unpaired) electrons. The summed E-state index contributed by atoms with van der Waals surface area (Å²) >= 11 is 7.39. The summed E-state index contributed by atoms with van der Waals surface area (Å²) in [7, 11) is 0. The Morgan fingerprint density at radius 3 is 2.52 bits per heavy atom. The molecular formula is C22H24ClN5O2S. The van der Waals surface area contributed by atoms with Crippen molar-refractivity contribution in [3.8, 4) is 10.6 Å². The predicted octanol–water partition coefficient (Wildman–Crippen LogP) is 5.34. The van der Waals surface area contributed by atoms with Crippen LogP contribution in [0.25, 0.3) is 10.6 Å². The van der Waals surface area contributed by atoms with Gasteiger partial charge in [-0.1, -0.05) is 79.6 Å². The third-order valence-corrected chi connectivity index (χ3v) is 6.18. The first-order chi connectivity index (χ1) is 14.9. The lowest BCUT2D eigenvalue weighted by Crippen LogP contribution is -2.49. The van der Waals surface area contributed by atoms with Gasteiger partial charge in [-0.3, -0.25) is 10.1 Å². The summed E-state index contributed by atoms with van der Waals surface area (Å²) in [6.07, 6.45) is 0.708. The summed E-state index contributed by atoms with van der Waals surface area (Å²) in [6, 6.07) is 13.6. The van der Waals surface area contributed by atoms with E-state index in [0.29, 0.717) is 27.3 Å². The van der Waals surface area contributed by atoms with Crippen molar-refractivity contribution < 1.29 is 9.59 Å². The largest absolute Gasteiger partial charge is 0.326 e. The number of hydrogen-bond acceptors (Lipinski definition) is 5. The molecule has 3 N–H and O–H groups in total. The van der Waals surface area contributed by atoms with E-state index in [0.717, 1.165) is 11.1 Å². The number of aryl methyl sites for hydroxylation is 1. The van der Waals surface area contributed by atoms with Crippen LogP contribution in [0.5, 0.6) is 0 Å². The minimum absolute atomic E-state index is 0.0890. The van der Waals surface area contributed by atoms with Gasteiger partial charge in [0, 0.05) is 16.3 Å². The Morgan fingerprint density at radius 1 is 1.10 bits per heavy atom. The number of aromatic nitrogens is 2. The molecule has 31 heavy (non-hydrogen) atoms. The van der Waals surface area contributed by atoms with Gasteiger partial charge < -0.3 is 10.6 Å². The predicted molar refractivity (Wildman–Crippen MR) is 126 cm³/mol. The number of nitrogens with zero attached hydrogens (tertiary/aromatic N) is 2. The van der Waals surface area contributed by atoms with Crippen LogP contribution in [0, 0.1) is 12.8 Å². The van der Waals surface area contributed by atoms with Crippen molar-refractivity contribution in [3.63, 3.8) is 0 Å². The van der Waals surface area contributed by atoms with Crippen LogP contribution < -0.4 is 16.0 Å². The number of rotatable bonds is 7. The lowest BCUT2D eigenvalue weighted by atomic mass is 9.98. The quantitative estimate of drug-likeness (QED) is 0.446. The molecule has 0 bridgehead atoms. The van der Waals surface area contributed by atoms with E-state index in [1.54, 1.807) is 12.1 Å². The van der Waals surface area contributed by atoms with E-state index in [4.69, 9.17) is 11.6 Å². The number of anilines is 2. The molecule has 0 aliphatic carbocycles. The Kier molecular flexibility index (Phi) is 7.59. The first-order valence-corrected chi connectivity index (χ1v) is 11.1. The van der Waals surface area contributed by atoms with E-state index in [2.05, 4.69) is 26.1 Å². The number of nitrogens with one attached hydrogen (secondary N) is 3. The molecule has 2 atom stereocenters. The summed E-state index contributed by atoms with van der Waals surface area (Å²) in [5.74, 6) is -0.434. The number of urea groups is 1. The lowest BCUT2D eigenvalue weighted by Gasteiger charge is -2.23.